The number of rotatable bonds is 5. The van der Waals surface area contributed by atoms with Crippen molar-refractivity contribution in [2.24, 2.45) is 5.92 Å². The molecular formula is C26H29N3O2. The highest BCUT2D eigenvalue weighted by Crippen LogP contribution is 2.30. The smallest absolute Gasteiger partial charge is 0.274 e. The minimum absolute atomic E-state index is 0.0907. The summed E-state index contributed by atoms with van der Waals surface area (Å²) < 4.78 is 7.95. The fourth-order valence-corrected chi connectivity index (χ4v) is 4.79. The maximum absolute atomic E-state index is 13.4. The van der Waals surface area contributed by atoms with Gasteiger partial charge in [0.15, 0.2) is 5.69 Å². The van der Waals surface area contributed by atoms with E-state index in [-0.39, 0.29) is 5.91 Å². The van der Waals surface area contributed by atoms with Crippen LogP contribution in [0.3, 0.4) is 0 Å². The van der Waals surface area contributed by atoms with Gasteiger partial charge in [-0.1, -0.05) is 36.4 Å². The molecule has 0 spiro atoms. The fourth-order valence-electron chi connectivity index (χ4n) is 4.79. The number of hydrogen-bond acceptors (Lipinski definition) is 3. The molecule has 5 rings (SSSR count). The Labute approximate surface area is 183 Å². The Morgan fingerprint density at radius 2 is 1.77 bits per heavy atom. The molecule has 0 unspecified atom stereocenters. The summed E-state index contributed by atoms with van der Waals surface area (Å²) in [5.41, 5.74) is 5.29. The van der Waals surface area contributed by atoms with Crippen LogP contribution in [-0.2, 0) is 12.8 Å². The summed E-state index contributed by atoms with van der Waals surface area (Å²) in [6.07, 6.45) is 4.98. The molecule has 0 bridgehead atoms. The third kappa shape index (κ3) is 3.97. The van der Waals surface area contributed by atoms with Gasteiger partial charge >= 0.3 is 0 Å². The SMILES string of the molecule is Cc1ccccc1-n1nc(C(=O)N2CCC(COc3ccccc3)CC2)c2c1CCC2. The van der Waals surface area contributed by atoms with Crippen LogP contribution in [-0.4, -0.2) is 40.3 Å². The molecule has 0 radical (unpaired) electrons. The second-order valence-electron chi connectivity index (χ2n) is 8.69. The van der Waals surface area contributed by atoms with Crippen molar-refractivity contribution in [3.63, 3.8) is 0 Å². The molecule has 3 aromatic rings. The summed E-state index contributed by atoms with van der Waals surface area (Å²) in [6.45, 7) is 4.35. The van der Waals surface area contributed by atoms with E-state index in [0.717, 1.165) is 62.2 Å². The predicted octanol–water partition coefficient (Wildman–Crippen LogP) is 4.60. The first-order chi connectivity index (χ1) is 15.2. The van der Waals surface area contributed by atoms with Gasteiger partial charge in [0.25, 0.3) is 5.91 Å². The maximum atomic E-state index is 13.4. The number of nitrogens with zero attached hydrogens (tertiary/aromatic N) is 3. The van der Waals surface area contributed by atoms with Gasteiger partial charge in [0, 0.05) is 24.3 Å². The summed E-state index contributed by atoms with van der Waals surface area (Å²) in [5, 5.41) is 4.83. The van der Waals surface area contributed by atoms with Crippen molar-refractivity contribution >= 4 is 5.91 Å². The molecule has 160 valence electrons. The monoisotopic (exact) mass is 415 g/mol. The van der Waals surface area contributed by atoms with Crippen molar-refractivity contribution in [2.45, 2.75) is 39.0 Å². The van der Waals surface area contributed by atoms with Gasteiger partial charge in [-0.25, -0.2) is 4.68 Å². The van der Waals surface area contributed by atoms with Crippen LogP contribution in [0.2, 0.25) is 0 Å². The molecule has 2 heterocycles. The zero-order valence-electron chi connectivity index (χ0n) is 18.1. The largest absolute Gasteiger partial charge is 0.493 e. The van der Waals surface area contributed by atoms with Gasteiger partial charge in [-0.3, -0.25) is 4.79 Å². The quantitative estimate of drug-likeness (QED) is 0.612. The van der Waals surface area contributed by atoms with E-state index in [2.05, 4.69) is 19.1 Å². The van der Waals surface area contributed by atoms with Crippen molar-refractivity contribution in [3.8, 4) is 11.4 Å². The van der Waals surface area contributed by atoms with Crippen LogP contribution in [0, 0.1) is 12.8 Å². The van der Waals surface area contributed by atoms with Gasteiger partial charge in [0.1, 0.15) is 5.75 Å². The Bertz CT molecular complexity index is 1070. The van der Waals surface area contributed by atoms with E-state index in [4.69, 9.17) is 9.84 Å². The summed E-state index contributed by atoms with van der Waals surface area (Å²) in [7, 11) is 0. The molecule has 1 fully saturated rings. The normalized spacial score (nSPS) is 16.4. The van der Waals surface area contributed by atoms with E-state index in [1.54, 1.807) is 0 Å². The summed E-state index contributed by atoms with van der Waals surface area (Å²) in [6, 6.07) is 18.2. The van der Waals surface area contributed by atoms with Gasteiger partial charge in [0.2, 0.25) is 0 Å². The van der Waals surface area contributed by atoms with E-state index < -0.39 is 0 Å². The van der Waals surface area contributed by atoms with Crippen molar-refractivity contribution in [2.75, 3.05) is 19.7 Å². The third-order valence-electron chi connectivity index (χ3n) is 6.61. The third-order valence-corrected chi connectivity index (χ3v) is 6.61. The van der Waals surface area contributed by atoms with Crippen molar-refractivity contribution in [1.29, 1.82) is 0 Å². The second kappa shape index (κ2) is 8.58. The number of carbonyl (C=O) groups is 1. The van der Waals surface area contributed by atoms with Gasteiger partial charge in [0.05, 0.1) is 12.3 Å². The van der Waals surface area contributed by atoms with Gasteiger partial charge in [-0.05, 0) is 68.7 Å². The predicted molar refractivity (Wildman–Crippen MR) is 121 cm³/mol. The molecule has 5 heteroatoms. The van der Waals surface area contributed by atoms with Gasteiger partial charge < -0.3 is 9.64 Å². The molecule has 31 heavy (non-hydrogen) atoms. The number of para-hydroxylation sites is 2. The number of carbonyl (C=O) groups excluding carboxylic acids is 1. The van der Waals surface area contributed by atoms with Crippen LogP contribution in [0.5, 0.6) is 5.75 Å². The molecule has 2 aromatic carbocycles. The Morgan fingerprint density at radius 1 is 1.03 bits per heavy atom. The summed E-state index contributed by atoms with van der Waals surface area (Å²) in [4.78, 5) is 15.4. The van der Waals surface area contributed by atoms with Crippen LogP contribution in [0.4, 0.5) is 0 Å². The maximum Gasteiger partial charge on any atom is 0.274 e. The van der Waals surface area contributed by atoms with Crippen molar-refractivity contribution in [1.82, 2.24) is 14.7 Å². The van der Waals surface area contributed by atoms with E-state index in [0.29, 0.717) is 18.2 Å². The molecule has 5 nitrogen and oxygen atoms in total. The lowest BCUT2D eigenvalue weighted by Gasteiger charge is -2.31. The first kappa shape index (κ1) is 19.9. The van der Waals surface area contributed by atoms with Crippen molar-refractivity contribution < 1.29 is 9.53 Å². The molecule has 0 saturated carbocycles. The molecule has 2 aliphatic rings. The average Bonchev–Trinajstić information content (AvgIpc) is 3.42. The Hall–Kier alpha value is -3.08. The molecule has 1 aromatic heterocycles. The molecule has 1 aliphatic carbocycles. The fraction of sp³-hybridized carbons (Fsp3) is 0.385. The minimum atomic E-state index is 0.0907. The number of benzene rings is 2. The number of hydrogen-bond donors (Lipinski definition) is 0. The molecule has 1 saturated heterocycles. The zero-order chi connectivity index (χ0) is 21.2. The highest BCUT2D eigenvalue weighted by molar-refractivity contribution is 5.94. The Balaban J connectivity index is 1.27. The highest BCUT2D eigenvalue weighted by Gasteiger charge is 2.31. The second-order valence-corrected chi connectivity index (χ2v) is 8.69. The zero-order valence-corrected chi connectivity index (χ0v) is 18.1. The molecule has 1 aliphatic heterocycles. The van der Waals surface area contributed by atoms with Crippen LogP contribution < -0.4 is 4.74 Å². The molecule has 0 atom stereocenters. The van der Waals surface area contributed by atoms with E-state index >= 15 is 0 Å². The van der Waals surface area contributed by atoms with E-state index in [1.165, 1.54) is 11.3 Å². The average molecular weight is 416 g/mol. The topological polar surface area (TPSA) is 47.4 Å². The Morgan fingerprint density at radius 3 is 2.55 bits per heavy atom. The summed E-state index contributed by atoms with van der Waals surface area (Å²) in [5.74, 6) is 1.49. The summed E-state index contributed by atoms with van der Waals surface area (Å²) >= 11 is 0. The Kier molecular flexibility index (Phi) is 5.49. The van der Waals surface area contributed by atoms with Crippen LogP contribution in [0.1, 0.15) is 46.6 Å². The molecule has 0 N–H and O–H groups in total. The van der Waals surface area contributed by atoms with Gasteiger partial charge in [-0.15, -0.1) is 0 Å². The first-order valence-electron chi connectivity index (χ1n) is 11.3. The van der Waals surface area contributed by atoms with Crippen LogP contribution in [0.15, 0.2) is 54.6 Å². The molecule has 1 amide bonds. The number of fused-ring (bicyclic) bond motifs is 1. The van der Waals surface area contributed by atoms with Crippen molar-refractivity contribution in [3.05, 3.63) is 77.1 Å². The highest BCUT2D eigenvalue weighted by atomic mass is 16.5. The number of piperidine rings is 1. The lowest BCUT2D eigenvalue weighted by molar-refractivity contribution is 0.0653. The number of aromatic nitrogens is 2. The van der Waals surface area contributed by atoms with Crippen LogP contribution >= 0.6 is 0 Å². The number of aryl methyl sites for hydroxylation is 1. The first-order valence-corrected chi connectivity index (χ1v) is 11.3. The number of ether oxygens (including phenoxy) is 1. The molecular weight excluding hydrogens is 386 g/mol. The minimum Gasteiger partial charge on any atom is -0.493 e. The van der Waals surface area contributed by atoms with E-state index in [1.807, 2.05) is 52.0 Å². The lowest BCUT2D eigenvalue weighted by Crippen LogP contribution is -2.40. The van der Waals surface area contributed by atoms with E-state index in [9.17, 15) is 4.79 Å². The number of amides is 1. The van der Waals surface area contributed by atoms with Gasteiger partial charge in [-0.2, -0.15) is 5.10 Å². The lowest BCUT2D eigenvalue weighted by atomic mass is 9.97. The number of likely N-dealkylation sites (tertiary alicyclic amines) is 1. The van der Waals surface area contributed by atoms with Crippen LogP contribution in [0.25, 0.3) is 5.69 Å². The standard InChI is InChI=1S/C26H29N3O2/c1-19-8-5-6-12-23(19)29-24-13-7-11-22(24)25(27-29)26(30)28-16-14-20(15-17-28)18-31-21-9-3-2-4-10-21/h2-6,8-10,12,20H,7,11,13-18H2,1H3.